The van der Waals surface area contributed by atoms with Crippen LogP contribution in [0.3, 0.4) is 0 Å². The molecule has 2 aromatic carbocycles. The molecule has 3 aromatic rings. The molecular formula is C26H31NO5S. The fourth-order valence-electron chi connectivity index (χ4n) is 3.47. The van der Waals surface area contributed by atoms with E-state index in [-0.39, 0.29) is 12.2 Å². The molecule has 0 aliphatic rings. The average Bonchev–Trinajstić information content (AvgIpc) is 3.28. The minimum absolute atomic E-state index is 0.117. The summed E-state index contributed by atoms with van der Waals surface area (Å²) in [5, 5.41) is 10.2. The minimum Gasteiger partial charge on any atom is -0.478 e. The Morgan fingerprint density at radius 3 is 2.52 bits per heavy atom. The second-order valence-electron chi connectivity index (χ2n) is 8.68. The van der Waals surface area contributed by atoms with Crippen molar-refractivity contribution in [3.63, 3.8) is 0 Å². The number of hydrogen-bond acceptors (Lipinski definition) is 6. The van der Waals surface area contributed by atoms with Crippen molar-refractivity contribution in [3.05, 3.63) is 59.3 Å². The summed E-state index contributed by atoms with van der Waals surface area (Å²) in [4.78, 5) is 17.1. The fraction of sp³-hybridized carbons (Fsp3) is 0.385. The van der Waals surface area contributed by atoms with Gasteiger partial charge in [0.25, 0.3) is 0 Å². The van der Waals surface area contributed by atoms with Gasteiger partial charge in [0.2, 0.25) is 0 Å². The minimum atomic E-state index is -0.903. The van der Waals surface area contributed by atoms with Crippen molar-refractivity contribution in [2.24, 2.45) is 0 Å². The molecule has 0 saturated carbocycles. The Kier molecular flexibility index (Phi) is 8.24. The van der Waals surface area contributed by atoms with E-state index in [0.29, 0.717) is 25.2 Å². The molecule has 0 fully saturated rings. The molecule has 0 aliphatic heterocycles. The summed E-state index contributed by atoms with van der Waals surface area (Å²) >= 11 is 1.59. The molecule has 0 radical (unpaired) electrons. The monoisotopic (exact) mass is 469 g/mol. The van der Waals surface area contributed by atoms with Crippen LogP contribution in [-0.2, 0) is 21.3 Å². The molecule has 7 heteroatoms. The molecule has 33 heavy (non-hydrogen) atoms. The summed E-state index contributed by atoms with van der Waals surface area (Å²) in [6, 6.07) is 11.6. The normalized spacial score (nSPS) is 11.5. The maximum atomic E-state index is 11.4. The van der Waals surface area contributed by atoms with Crippen molar-refractivity contribution < 1.29 is 24.1 Å². The molecule has 0 bridgehead atoms. The van der Waals surface area contributed by atoms with Gasteiger partial charge in [-0.15, -0.1) is 11.3 Å². The van der Waals surface area contributed by atoms with E-state index < -0.39 is 5.97 Å². The lowest BCUT2D eigenvalue weighted by Gasteiger charge is -2.23. The van der Waals surface area contributed by atoms with Gasteiger partial charge < -0.3 is 19.3 Å². The first-order chi connectivity index (χ1) is 15.7. The van der Waals surface area contributed by atoms with Crippen LogP contribution in [0.15, 0.2) is 42.6 Å². The standard InChI is InChI=1S/C26H31NO5S/c1-6-17-13-19(7-9-20(17)25(28)29)24-27-15-23(33-24)18-8-10-22(21(14-18)26(2,3)4)32-16-31-12-11-30-5/h7-10,13-15H,6,11-12,16H2,1-5H3,(H,28,29). The summed E-state index contributed by atoms with van der Waals surface area (Å²) in [6.07, 6.45) is 2.52. The number of carboxylic acids is 1. The van der Waals surface area contributed by atoms with Crippen molar-refractivity contribution in [2.75, 3.05) is 27.1 Å². The highest BCUT2D eigenvalue weighted by atomic mass is 32.1. The molecule has 1 heterocycles. The highest BCUT2D eigenvalue weighted by Crippen LogP contribution is 2.38. The van der Waals surface area contributed by atoms with E-state index in [0.717, 1.165) is 37.9 Å². The first-order valence-corrected chi connectivity index (χ1v) is 11.7. The van der Waals surface area contributed by atoms with Gasteiger partial charge in [-0.1, -0.05) is 33.8 Å². The maximum absolute atomic E-state index is 11.4. The van der Waals surface area contributed by atoms with Gasteiger partial charge in [0.05, 0.1) is 23.7 Å². The van der Waals surface area contributed by atoms with Crippen LogP contribution in [0, 0.1) is 0 Å². The summed E-state index contributed by atoms with van der Waals surface area (Å²) < 4.78 is 16.3. The van der Waals surface area contributed by atoms with Crippen LogP contribution in [0.5, 0.6) is 5.75 Å². The summed E-state index contributed by atoms with van der Waals surface area (Å²) in [5.74, 6) is -0.107. The number of nitrogens with zero attached hydrogens (tertiary/aromatic N) is 1. The first kappa shape index (κ1) is 24.9. The average molecular weight is 470 g/mol. The molecule has 3 rings (SSSR count). The van der Waals surface area contributed by atoms with Crippen molar-refractivity contribution in [2.45, 2.75) is 39.5 Å². The Balaban J connectivity index is 1.86. The van der Waals surface area contributed by atoms with E-state index in [9.17, 15) is 9.90 Å². The number of ether oxygens (including phenoxy) is 3. The van der Waals surface area contributed by atoms with Gasteiger partial charge in [-0.2, -0.15) is 0 Å². The van der Waals surface area contributed by atoms with Gasteiger partial charge in [0.1, 0.15) is 10.8 Å². The van der Waals surface area contributed by atoms with E-state index >= 15 is 0 Å². The molecule has 0 atom stereocenters. The second-order valence-corrected chi connectivity index (χ2v) is 9.72. The number of carboxylic acid groups (broad SMARTS) is 1. The number of aryl methyl sites for hydroxylation is 1. The summed E-state index contributed by atoms with van der Waals surface area (Å²) in [6.45, 7) is 9.59. The van der Waals surface area contributed by atoms with E-state index in [2.05, 4.69) is 31.8 Å². The molecule has 0 spiro atoms. The molecule has 1 aromatic heterocycles. The first-order valence-electron chi connectivity index (χ1n) is 10.9. The number of aromatic nitrogens is 1. The van der Waals surface area contributed by atoms with Crippen LogP contribution in [-0.4, -0.2) is 43.2 Å². The molecule has 0 amide bonds. The van der Waals surface area contributed by atoms with E-state index in [1.54, 1.807) is 24.5 Å². The molecule has 0 aliphatic carbocycles. The molecular weight excluding hydrogens is 438 g/mol. The lowest BCUT2D eigenvalue weighted by atomic mass is 9.85. The highest BCUT2D eigenvalue weighted by Gasteiger charge is 2.21. The van der Waals surface area contributed by atoms with Gasteiger partial charge in [-0.25, -0.2) is 9.78 Å². The third-order valence-corrected chi connectivity index (χ3v) is 6.37. The second kappa shape index (κ2) is 10.9. The zero-order chi connectivity index (χ0) is 24.0. The van der Waals surface area contributed by atoms with E-state index in [1.165, 1.54) is 0 Å². The van der Waals surface area contributed by atoms with Crippen LogP contribution in [0.1, 0.15) is 49.2 Å². The van der Waals surface area contributed by atoms with Gasteiger partial charge in [-0.3, -0.25) is 0 Å². The number of aromatic carboxylic acids is 1. The van der Waals surface area contributed by atoms with Crippen molar-refractivity contribution in [1.82, 2.24) is 4.98 Å². The molecule has 6 nitrogen and oxygen atoms in total. The van der Waals surface area contributed by atoms with Crippen molar-refractivity contribution in [3.8, 4) is 26.8 Å². The number of benzene rings is 2. The number of rotatable bonds is 10. The third-order valence-electron chi connectivity index (χ3n) is 5.27. The largest absolute Gasteiger partial charge is 0.478 e. The van der Waals surface area contributed by atoms with Crippen LogP contribution in [0.25, 0.3) is 21.0 Å². The SMILES string of the molecule is CCc1cc(-c2ncc(-c3ccc(OCOCCOC)c(C(C)(C)C)c3)s2)ccc1C(=O)O. The topological polar surface area (TPSA) is 77.9 Å². The Bertz CT molecular complexity index is 1100. The van der Waals surface area contributed by atoms with Crippen LogP contribution < -0.4 is 4.74 Å². The summed E-state index contributed by atoms with van der Waals surface area (Å²) in [5.41, 5.74) is 4.11. The van der Waals surface area contributed by atoms with Gasteiger partial charge in [0, 0.05) is 24.4 Å². The summed E-state index contributed by atoms with van der Waals surface area (Å²) in [7, 11) is 1.64. The molecule has 1 N–H and O–H groups in total. The van der Waals surface area contributed by atoms with E-state index in [1.807, 2.05) is 37.4 Å². The fourth-order valence-corrected chi connectivity index (χ4v) is 4.38. The lowest BCUT2D eigenvalue weighted by Crippen LogP contribution is -2.15. The van der Waals surface area contributed by atoms with Crippen LogP contribution in [0.2, 0.25) is 0 Å². The van der Waals surface area contributed by atoms with Gasteiger partial charge >= 0.3 is 5.97 Å². The zero-order valence-corrected chi connectivity index (χ0v) is 20.6. The van der Waals surface area contributed by atoms with Gasteiger partial charge in [-0.05, 0) is 53.3 Å². The van der Waals surface area contributed by atoms with Crippen LogP contribution in [0.4, 0.5) is 0 Å². The third kappa shape index (κ3) is 6.19. The Labute approximate surface area is 199 Å². The zero-order valence-electron chi connectivity index (χ0n) is 19.8. The Morgan fingerprint density at radius 1 is 1.09 bits per heavy atom. The maximum Gasteiger partial charge on any atom is 0.335 e. The number of carbonyl (C=O) groups is 1. The van der Waals surface area contributed by atoms with Gasteiger partial charge in [0.15, 0.2) is 6.79 Å². The predicted octanol–water partition coefficient (Wildman–Crippen LogP) is 6.03. The Hall–Kier alpha value is -2.74. The van der Waals surface area contributed by atoms with Crippen molar-refractivity contribution in [1.29, 1.82) is 0 Å². The molecule has 176 valence electrons. The number of methoxy groups -OCH3 is 1. The predicted molar refractivity (Wildman–Crippen MR) is 131 cm³/mol. The highest BCUT2D eigenvalue weighted by molar-refractivity contribution is 7.18. The number of thiazole rings is 1. The number of hydrogen-bond donors (Lipinski definition) is 1. The smallest absolute Gasteiger partial charge is 0.335 e. The van der Waals surface area contributed by atoms with Crippen molar-refractivity contribution >= 4 is 17.3 Å². The molecule has 0 saturated heterocycles. The van der Waals surface area contributed by atoms with Crippen LogP contribution >= 0.6 is 11.3 Å². The van der Waals surface area contributed by atoms with E-state index in [4.69, 9.17) is 14.2 Å². The quantitative estimate of drug-likeness (QED) is 0.288. The molecule has 0 unspecified atom stereocenters. The lowest BCUT2D eigenvalue weighted by molar-refractivity contribution is -0.00917. The Morgan fingerprint density at radius 2 is 1.85 bits per heavy atom.